The van der Waals surface area contributed by atoms with Crippen molar-refractivity contribution in [2.75, 3.05) is 0 Å². The lowest BCUT2D eigenvalue weighted by atomic mass is 10.2. The van der Waals surface area contributed by atoms with Gasteiger partial charge in [0.15, 0.2) is 0 Å². The fourth-order valence-electron chi connectivity index (χ4n) is 2.76. The van der Waals surface area contributed by atoms with Crippen LogP contribution in [0.15, 0.2) is 77.6 Å². The third-order valence-electron chi connectivity index (χ3n) is 4.12. The lowest BCUT2D eigenvalue weighted by Crippen LogP contribution is -2.19. The van der Waals surface area contributed by atoms with Crippen LogP contribution < -0.4 is 10.6 Å². The van der Waals surface area contributed by atoms with Crippen LogP contribution in [0.2, 0.25) is 5.02 Å². The van der Waals surface area contributed by atoms with Crippen molar-refractivity contribution in [2.24, 2.45) is 4.76 Å². The molecule has 3 aromatic rings. The summed E-state index contributed by atoms with van der Waals surface area (Å²) in [6.45, 7) is 3.94. The Kier molecular flexibility index (Phi) is 5.22. The first-order chi connectivity index (χ1) is 12.0. The summed E-state index contributed by atoms with van der Waals surface area (Å²) in [4.78, 5) is 0. The Morgan fingerprint density at radius 2 is 1.28 bits per heavy atom. The van der Waals surface area contributed by atoms with Crippen LogP contribution in [0.4, 0.5) is 0 Å². The molecule has 0 saturated heterocycles. The molecule has 0 aliphatic rings. The average Bonchev–Trinajstić information content (AvgIpc) is 2.62. The minimum Gasteiger partial charge on any atom is -0.288 e. The molecule has 0 aromatic heterocycles. The van der Waals surface area contributed by atoms with Crippen LogP contribution >= 0.6 is 18.9 Å². The topological polar surface area (TPSA) is 29.4 Å². The van der Waals surface area contributed by atoms with Gasteiger partial charge in [-0.2, -0.15) is 0 Å². The minimum atomic E-state index is -3.14. The molecular formula is C21H19ClNOP. The zero-order chi connectivity index (χ0) is 17.9. The van der Waals surface area contributed by atoms with Crippen molar-refractivity contribution < 1.29 is 4.57 Å². The van der Waals surface area contributed by atoms with Gasteiger partial charge < -0.3 is 0 Å². The summed E-state index contributed by atoms with van der Waals surface area (Å²) in [5.74, 6) is 0. The Bertz CT molecular complexity index is 914. The molecule has 0 fully saturated rings. The molecule has 2 nitrogen and oxygen atoms in total. The minimum absolute atomic E-state index is 0.665. The Labute approximate surface area is 153 Å². The van der Waals surface area contributed by atoms with E-state index < -0.39 is 7.29 Å². The predicted molar refractivity (Wildman–Crippen MR) is 108 cm³/mol. The van der Waals surface area contributed by atoms with E-state index in [4.69, 9.17) is 11.6 Å². The SMILES string of the molecule is Cc1ccccc1P(=O)(/N=C/c1ccc(Cl)cc1)c1ccccc1C. The number of nitrogens with zero attached hydrogens (tertiary/aromatic N) is 1. The lowest BCUT2D eigenvalue weighted by molar-refractivity contribution is 0.588. The highest BCUT2D eigenvalue weighted by atomic mass is 35.5. The van der Waals surface area contributed by atoms with Crippen LogP contribution in [-0.4, -0.2) is 6.21 Å². The lowest BCUT2D eigenvalue weighted by Gasteiger charge is -2.18. The molecule has 0 aliphatic heterocycles. The average molecular weight is 368 g/mol. The van der Waals surface area contributed by atoms with Gasteiger partial charge in [-0.25, -0.2) is 4.76 Å². The fraction of sp³-hybridized carbons (Fsp3) is 0.0952. The van der Waals surface area contributed by atoms with E-state index in [0.717, 1.165) is 27.3 Å². The molecule has 4 heteroatoms. The molecular weight excluding hydrogens is 349 g/mol. The largest absolute Gasteiger partial charge is 0.288 e. The molecule has 3 rings (SSSR count). The van der Waals surface area contributed by atoms with Crippen molar-refractivity contribution in [3.63, 3.8) is 0 Å². The van der Waals surface area contributed by atoms with Gasteiger partial charge in [0, 0.05) is 21.8 Å². The summed E-state index contributed by atoms with van der Waals surface area (Å²) in [6.07, 6.45) is 1.68. The molecule has 0 radical (unpaired) electrons. The third kappa shape index (κ3) is 3.76. The fourth-order valence-corrected chi connectivity index (χ4v) is 5.37. The van der Waals surface area contributed by atoms with E-state index in [1.54, 1.807) is 18.3 Å². The predicted octanol–water partition coefficient (Wildman–Crippen LogP) is 5.30. The number of hydrogen-bond acceptors (Lipinski definition) is 1. The highest BCUT2D eigenvalue weighted by molar-refractivity contribution is 7.77. The van der Waals surface area contributed by atoms with Gasteiger partial charge in [0.05, 0.1) is 0 Å². The maximum Gasteiger partial charge on any atom is 0.247 e. The maximum atomic E-state index is 14.1. The van der Waals surface area contributed by atoms with Crippen LogP contribution in [0, 0.1) is 13.8 Å². The van der Waals surface area contributed by atoms with E-state index >= 15 is 0 Å². The van der Waals surface area contributed by atoms with Gasteiger partial charge in [0.1, 0.15) is 0 Å². The number of hydrogen-bond donors (Lipinski definition) is 0. The van der Waals surface area contributed by atoms with Crippen LogP contribution in [0.5, 0.6) is 0 Å². The van der Waals surface area contributed by atoms with Crippen LogP contribution in [0.25, 0.3) is 0 Å². The van der Waals surface area contributed by atoms with E-state index in [-0.39, 0.29) is 0 Å². The van der Waals surface area contributed by atoms with Crippen LogP contribution in [0.1, 0.15) is 16.7 Å². The summed E-state index contributed by atoms with van der Waals surface area (Å²) < 4.78 is 18.7. The first-order valence-corrected chi connectivity index (χ1v) is 10.1. The zero-order valence-corrected chi connectivity index (χ0v) is 15.8. The van der Waals surface area contributed by atoms with Crippen LogP contribution in [0.3, 0.4) is 0 Å². The molecule has 0 atom stereocenters. The summed E-state index contributed by atoms with van der Waals surface area (Å²) in [5, 5.41) is 2.21. The summed E-state index contributed by atoms with van der Waals surface area (Å²) >= 11 is 5.94. The normalized spacial score (nSPS) is 11.8. The van der Waals surface area contributed by atoms with Gasteiger partial charge in [-0.3, -0.25) is 4.57 Å². The molecule has 3 aromatic carbocycles. The Morgan fingerprint density at radius 3 is 1.76 bits per heavy atom. The van der Waals surface area contributed by atoms with Crippen molar-refractivity contribution >= 4 is 35.7 Å². The van der Waals surface area contributed by atoms with E-state index in [1.807, 2.05) is 74.5 Å². The molecule has 0 spiro atoms. The Hall–Kier alpha value is -2.15. The second-order valence-corrected chi connectivity index (χ2v) is 8.73. The molecule has 126 valence electrons. The number of aryl methyl sites for hydroxylation is 2. The van der Waals surface area contributed by atoms with Gasteiger partial charge >= 0.3 is 0 Å². The van der Waals surface area contributed by atoms with E-state index in [2.05, 4.69) is 4.76 Å². The summed E-state index contributed by atoms with van der Waals surface area (Å²) in [5.41, 5.74) is 2.82. The highest BCUT2D eigenvalue weighted by Crippen LogP contribution is 2.46. The molecule has 25 heavy (non-hydrogen) atoms. The van der Waals surface area contributed by atoms with Crippen molar-refractivity contribution in [3.05, 3.63) is 94.5 Å². The van der Waals surface area contributed by atoms with Crippen molar-refractivity contribution in [1.82, 2.24) is 0 Å². The summed E-state index contributed by atoms with van der Waals surface area (Å²) in [7, 11) is -3.14. The Balaban J connectivity index is 2.16. The monoisotopic (exact) mass is 367 g/mol. The van der Waals surface area contributed by atoms with Crippen molar-refractivity contribution in [3.8, 4) is 0 Å². The summed E-state index contributed by atoms with van der Waals surface area (Å²) in [6, 6.07) is 22.8. The van der Waals surface area contributed by atoms with Gasteiger partial charge in [-0.15, -0.1) is 0 Å². The second-order valence-electron chi connectivity index (χ2n) is 5.95. The molecule has 0 bridgehead atoms. The van der Waals surface area contributed by atoms with Crippen molar-refractivity contribution in [2.45, 2.75) is 13.8 Å². The third-order valence-corrected chi connectivity index (χ3v) is 7.13. The first-order valence-electron chi connectivity index (χ1n) is 8.04. The second kappa shape index (κ2) is 7.39. The highest BCUT2D eigenvalue weighted by Gasteiger charge is 2.29. The number of benzene rings is 3. The molecule has 0 saturated carbocycles. The Morgan fingerprint density at radius 1 is 0.800 bits per heavy atom. The molecule has 0 heterocycles. The standard InChI is InChI=1S/C21H19ClNOP/c1-16-7-3-5-9-20(16)25(24,21-10-6-4-8-17(21)2)23-15-18-11-13-19(22)14-12-18/h3-15H,1-2H3/b23-15+. The van der Waals surface area contributed by atoms with Crippen LogP contribution in [-0.2, 0) is 4.57 Å². The first kappa shape index (κ1) is 17.7. The van der Waals surface area contributed by atoms with Gasteiger partial charge in [-0.05, 0) is 54.8 Å². The molecule has 0 N–H and O–H groups in total. The number of rotatable bonds is 4. The number of halogens is 1. The van der Waals surface area contributed by atoms with Crippen molar-refractivity contribution in [1.29, 1.82) is 0 Å². The zero-order valence-electron chi connectivity index (χ0n) is 14.2. The van der Waals surface area contributed by atoms with E-state index in [9.17, 15) is 4.57 Å². The quantitative estimate of drug-likeness (QED) is 0.454. The smallest absolute Gasteiger partial charge is 0.247 e. The van der Waals surface area contributed by atoms with Gasteiger partial charge in [0.25, 0.3) is 0 Å². The molecule has 0 aliphatic carbocycles. The molecule has 0 unspecified atom stereocenters. The van der Waals surface area contributed by atoms with Gasteiger partial charge in [-0.1, -0.05) is 60.1 Å². The van der Waals surface area contributed by atoms with Gasteiger partial charge in [0.2, 0.25) is 7.29 Å². The van der Waals surface area contributed by atoms with E-state index in [0.29, 0.717) is 5.02 Å². The van der Waals surface area contributed by atoms with E-state index in [1.165, 1.54) is 0 Å². The maximum absolute atomic E-state index is 14.1. The molecule has 0 amide bonds.